The summed E-state index contributed by atoms with van der Waals surface area (Å²) >= 11 is 0. The normalized spacial score (nSPS) is 24.3. The van der Waals surface area contributed by atoms with Gasteiger partial charge in [-0.2, -0.15) is 4.98 Å². The zero-order chi connectivity index (χ0) is 24.3. The van der Waals surface area contributed by atoms with Gasteiger partial charge in [0.1, 0.15) is 0 Å². The van der Waals surface area contributed by atoms with Gasteiger partial charge in [-0.05, 0) is 76.9 Å². The predicted molar refractivity (Wildman–Crippen MR) is 129 cm³/mol. The number of hydrogen-bond acceptors (Lipinski definition) is 7. The Morgan fingerprint density at radius 3 is 2.50 bits per heavy atom. The summed E-state index contributed by atoms with van der Waals surface area (Å²) in [7, 11) is 2.17. The molecule has 2 amide bonds. The van der Waals surface area contributed by atoms with Crippen LogP contribution in [0.4, 0.5) is 0 Å². The zero-order valence-corrected chi connectivity index (χ0v) is 21.4. The van der Waals surface area contributed by atoms with E-state index in [0.29, 0.717) is 24.2 Å². The van der Waals surface area contributed by atoms with E-state index < -0.39 is 0 Å². The van der Waals surface area contributed by atoms with E-state index in [1.807, 2.05) is 25.7 Å². The van der Waals surface area contributed by atoms with E-state index in [1.54, 1.807) is 0 Å². The van der Waals surface area contributed by atoms with Crippen LogP contribution < -0.4 is 5.32 Å². The molecule has 1 atom stereocenters. The SMILES string of the molecule is Cc1noc(C2CC3(CCN(C(=O)C(C)C)CC3)CN2CC(=O)NCCC2CCN(C)CC2)n1. The maximum absolute atomic E-state index is 12.9. The van der Waals surface area contributed by atoms with Crippen LogP contribution in [0.15, 0.2) is 4.52 Å². The molecule has 1 aromatic rings. The first-order valence-corrected chi connectivity index (χ1v) is 13.0. The molecule has 0 bridgehead atoms. The fourth-order valence-corrected chi connectivity index (χ4v) is 5.94. The standard InChI is InChI=1S/C25H42N6O3/c1-18(2)24(33)30-13-8-25(9-14-30)15-21(23-27-19(3)28-34-23)31(17-25)16-22(32)26-10-5-20-6-11-29(4)12-7-20/h18,20-21H,5-17H2,1-4H3,(H,26,32). The number of amides is 2. The third kappa shape index (κ3) is 5.97. The summed E-state index contributed by atoms with van der Waals surface area (Å²) in [5.41, 5.74) is 0.0786. The van der Waals surface area contributed by atoms with Gasteiger partial charge in [0.15, 0.2) is 5.82 Å². The minimum Gasteiger partial charge on any atom is -0.355 e. The van der Waals surface area contributed by atoms with Crippen molar-refractivity contribution in [3.63, 3.8) is 0 Å². The molecular weight excluding hydrogens is 432 g/mol. The highest BCUT2D eigenvalue weighted by Crippen LogP contribution is 2.48. The van der Waals surface area contributed by atoms with Gasteiger partial charge in [-0.3, -0.25) is 14.5 Å². The highest BCUT2D eigenvalue weighted by Gasteiger charge is 2.48. The molecule has 4 rings (SSSR count). The van der Waals surface area contributed by atoms with Crippen LogP contribution in [0.5, 0.6) is 0 Å². The van der Waals surface area contributed by atoms with Crippen molar-refractivity contribution in [1.82, 2.24) is 30.2 Å². The van der Waals surface area contributed by atoms with Crippen LogP contribution in [-0.2, 0) is 9.59 Å². The van der Waals surface area contributed by atoms with E-state index in [-0.39, 0.29) is 29.2 Å². The van der Waals surface area contributed by atoms with Crippen molar-refractivity contribution in [2.45, 2.75) is 65.3 Å². The number of nitrogens with zero attached hydrogens (tertiary/aromatic N) is 5. The molecule has 1 spiro atoms. The maximum Gasteiger partial charge on any atom is 0.244 e. The molecule has 1 aromatic heterocycles. The summed E-state index contributed by atoms with van der Waals surface area (Å²) in [4.78, 5) is 36.4. The second-order valence-corrected chi connectivity index (χ2v) is 11.2. The number of rotatable bonds is 7. The van der Waals surface area contributed by atoms with Gasteiger partial charge in [0.2, 0.25) is 17.7 Å². The van der Waals surface area contributed by atoms with Crippen molar-refractivity contribution >= 4 is 11.8 Å². The lowest BCUT2D eigenvalue weighted by molar-refractivity contribution is -0.136. The van der Waals surface area contributed by atoms with E-state index in [9.17, 15) is 9.59 Å². The molecule has 190 valence electrons. The number of hydrogen-bond donors (Lipinski definition) is 1. The number of likely N-dealkylation sites (tertiary alicyclic amines) is 3. The number of piperidine rings is 2. The molecule has 4 heterocycles. The molecule has 34 heavy (non-hydrogen) atoms. The average molecular weight is 475 g/mol. The Hall–Kier alpha value is -2.00. The molecule has 3 aliphatic rings. The van der Waals surface area contributed by atoms with Crippen molar-refractivity contribution in [2.75, 3.05) is 52.9 Å². The molecule has 1 N–H and O–H groups in total. The number of nitrogens with one attached hydrogen (secondary N) is 1. The summed E-state index contributed by atoms with van der Waals surface area (Å²) in [5.74, 6) is 2.27. The van der Waals surface area contributed by atoms with Crippen molar-refractivity contribution < 1.29 is 14.1 Å². The second kappa shape index (κ2) is 10.7. The van der Waals surface area contributed by atoms with Gasteiger partial charge in [-0.1, -0.05) is 19.0 Å². The molecule has 9 nitrogen and oxygen atoms in total. The van der Waals surface area contributed by atoms with E-state index >= 15 is 0 Å². The molecule has 3 fully saturated rings. The summed E-state index contributed by atoms with van der Waals surface area (Å²) in [6.45, 7) is 11.5. The Kier molecular flexibility index (Phi) is 7.92. The third-order valence-corrected chi connectivity index (χ3v) is 8.12. The van der Waals surface area contributed by atoms with Crippen molar-refractivity contribution in [2.24, 2.45) is 17.3 Å². The number of aryl methyl sites for hydroxylation is 1. The lowest BCUT2D eigenvalue weighted by Crippen LogP contribution is -2.46. The highest BCUT2D eigenvalue weighted by atomic mass is 16.5. The highest BCUT2D eigenvalue weighted by molar-refractivity contribution is 5.78. The van der Waals surface area contributed by atoms with Gasteiger partial charge < -0.3 is 19.6 Å². The van der Waals surface area contributed by atoms with Crippen molar-refractivity contribution in [1.29, 1.82) is 0 Å². The quantitative estimate of drug-likeness (QED) is 0.648. The predicted octanol–water partition coefficient (Wildman–Crippen LogP) is 2.24. The number of carbonyl (C=O) groups excluding carboxylic acids is 2. The summed E-state index contributed by atoms with van der Waals surface area (Å²) < 4.78 is 5.55. The van der Waals surface area contributed by atoms with E-state index in [1.165, 1.54) is 12.8 Å². The van der Waals surface area contributed by atoms with Gasteiger partial charge in [-0.15, -0.1) is 0 Å². The molecule has 0 aromatic carbocycles. The van der Waals surface area contributed by atoms with Crippen LogP contribution in [0.1, 0.15) is 70.1 Å². The third-order valence-electron chi connectivity index (χ3n) is 8.12. The summed E-state index contributed by atoms with van der Waals surface area (Å²) in [5, 5.41) is 7.16. The lowest BCUT2D eigenvalue weighted by Gasteiger charge is -2.40. The Morgan fingerprint density at radius 2 is 1.88 bits per heavy atom. The minimum atomic E-state index is -0.0480. The average Bonchev–Trinajstić information content (AvgIpc) is 3.38. The maximum atomic E-state index is 12.9. The lowest BCUT2D eigenvalue weighted by atomic mass is 9.76. The molecule has 3 aliphatic heterocycles. The van der Waals surface area contributed by atoms with E-state index in [2.05, 4.69) is 32.3 Å². The molecule has 0 saturated carbocycles. The van der Waals surface area contributed by atoms with E-state index in [0.717, 1.165) is 65.0 Å². The first-order chi connectivity index (χ1) is 16.2. The smallest absolute Gasteiger partial charge is 0.244 e. The molecule has 3 saturated heterocycles. The van der Waals surface area contributed by atoms with Gasteiger partial charge in [-0.25, -0.2) is 0 Å². The fraction of sp³-hybridized carbons (Fsp3) is 0.840. The molecule has 9 heteroatoms. The van der Waals surface area contributed by atoms with Crippen LogP contribution in [0.2, 0.25) is 0 Å². The minimum absolute atomic E-state index is 0.0291. The second-order valence-electron chi connectivity index (χ2n) is 11.2. The first kappa shape index (κ1) is 25.1. The van der Waals surface area contributed by atoms with Crippen molar-refractivity contribution in [3.05, 3.63) is 11.7 Å². The van der Waals surface area contributed by atoms with Gasteiger partial charge >= 0.3 is 0 Å². The Labute approximate surface area is 203 Å². The number of carbonyl (C=O) groups is 2. The zero-order valence-electron chi connectivity index (χ0n) is 21.4. The van der Waals surface area contributed by atoms with E-state index in [4.69, 9.17) is 4.52 Å². The Balaban J connectivity index is 1.34. The Bertz CT molecular complexity index is 839. The van der Waals surface area contributed by atoms with Crippen LogP contribution in [0, 0.1) is 24.2 Å². The molecular formula is C25H42N6O3. The monoisotopic (exact) mass is 474 g/mol. The van der Waals surface area contributed by atoms with Gasteiger partial charge in [0, 0.05) is 32.1 Å². The molecule has 0 radical (unpaired) electrons. The topological polar surface area (TPSA) is 94.8 Å². The van der Waals surface area contributed by atoms with Crippen LogP contribution in [0.25, 0.3) is 0 Å². The molecule has 1 unspecified atom stereocenters. The van der Waals surface area contributed by atoms with Crippen LogP contribution in [-0.4, -0.2) is 89.5 Å². The molecule has 0 aliphatic carbocycles. The Morgan fingerprint density at radius 1 is 1.18 bits per heavy atom. The van der Waals surface area contributed by atoms with Crippen LogP contribution >= 0.6 is 0 Å². The fourth-order valence-electron chi connectivity index (χ4n) is 5.94. The number of aromatic nitrogens is 2. The summed E-state index contributed by atoms with van der Waals surface area (Å²) in [6.07, 6.45) is 6.27. The first-order valence-electron chi connectivity index (χ1n) is 13.0. The summed E-state index contributed by atoms with van der Waals surface area (Å²) in [6, 6.07) is -0.0480. The largest absolute Gasteiger partial charge is 0.355 e. The van der Waals surface area contributed by atoms with Gasteiger partial charge in [0.25, 0.3) is 0 Å². The van der Waals surface area contributed by atoms with Crippen LogP contribution in [0.3, 0.4) is 0 Å². The van der Waals surface area contributed by atoms with Gasteiger partial charge in [0.05, 0.1) is 12.6 Å². The van der Waals surface area contributed by atoms with Crippen molar-refractivity contribution in [3.8, 4) is 0 Å².